The lowest BCUT2D eigenvalue weighted by atomic mass is 9.77. The highest BCUT2D eigenvalue weighted by molar-refractivity contribution is 6.11. The number of carbonyl (C=O) groups is 3. The first-order chi connectivity index (χ1) is 9.04. The molecule has 2 unspecified atom stereocenters. The van der Waals surface area contributed by atoms with E-state index in [-0.39, 0.29) is 36.3 Å². The van der Waals surface area contributed by atoms with Crippen molar-refractivity contribution in [1.82, 2.24) is 0 Å². The van der Waals surface area contributed by atoms with Gasteiger partial charge in [-0.2, -0.15) is 0 Å². The molecule has 2 atom stereocenters. The lowest BCUT2D eigenvalue weighted by Crippen LogP contribution is -2.34. The number of hydrogen-bond donors (Lipinski definition) is 0. The highest BCUT2D eigenvalue weighted by atomic mass is 16.5. The number of ketones is 2. The summed E-state index contributed by atoms with van der Waals surface area (Å²) in [6.45, 7) is 1.68. The van der Waals surface area contributed by atoms with Gasteiger partial charge in [-0.3, -0.25) is 14.4 Å². The van der Waals surface area contributed by atoms with Crippen molar-refractivity contribution < 1.29 is 23.5 Å². The molecule has 1 aliphatic rings. The summed E-state index contributed by atoms with van der Waals surface area (Å²) in [6.07, 6.45) is 2.36. The molecule has 1 heterocycles. The monoisotopic (exact) mass is 264 g/mol. The molecule has 1 aromatic heterocycles. The summed E-state index contributed by atoms with van der Waals surface area (Å²) in [7, 11) is 1.32. The van der Waals surface area contributed by atoms with Crippen LogP contribution in [0.15, 0.2) is 16.7 Å². The lowest BCUT2D eigenvalue weighted by molar-refractivity contribution is -0.147. The van der Waals surface area contributed by atoms with E-state index in [2.05, 4.69) is 4.74 Å². The Morgan fingerprint density at radius 3 is 2.74 bits per heavy atom. The highest BCUT2D eigenvalue weighted by Crippen LogP contribution is 2.30. The zero-order valence-electron chi connectivity index (χ0n) is 11.0. The molecule has 0 saturated heterocycles. The molecule has 1 saturated carbocycles. The standard InChI is InChI=1S/C14H16O5/c1-8-10(5-6-19-8)13(16)11-7-9(14(17)18-2)3-4-12(11)15/h5-6,9,11H,3-4,7H2,1-2H3. The Hall–Kier alpha value is -1.91. The molecule has 2 rings (SSSR count). The molecule has 5 heteroatoms. The first-order valence-corrected chi connectivity index (χ1v) is 6.23. The van der Waals surface area contributed by atoms with E-state index in [4.69, 9.17) is 4.42 Å². The van der Waals surface area contributed by atoms with Crippen LogP contribution in [0.25, 0.3) is 0 Å². The number of carbonyl (C=O) groups excluding carboxylic acids is 3. The molecule has 0 N–H and O–H groups in total. The van der Waals surface area contributed by atoms with Gasteiger partial charge in [0.05, 0.1) is 30.8 Å². The van der Waals surface area contributed by atoms with E-state index in [9.17, 15) is 14.4 Å². The molecule has 0 aromatic carbocycles. The lowest BCUT2D eigenvalue weighted by Gasteiger charge is -2.25. The summed E-state index contributed by atoms with van der Waals surface area (Å²) < 4.78 is 9.77. The summed E-state index contributed by atoms with van der Waals surface area (Å²) in [5.41, 5.74) is 0.420. The third-order valence-corrected chi connectivity index (χ3v) is 3.62. The van der Waals surface area contributed by atoms with Crippen molar-refractivity contribution in [3.8, 4) is 0 Å². The fourth-order valence-corrected chi connectivity index (χ4v) is 2.49. The molecule has 1 fully saturated rings. The van der Waals surface area contributed by atoms with Crippen molar-refractivity contribution in [2.45, 2.75) is 26.2 Å². The van der Waals surface area contributed by atoms with Gasteiger partial charge in [0, 0.05) is 6.42 Å². The Kier molecular flexibility index (Phi) is 3.83. The Balaban J connectivity index is 2.18. The maximum Gasteiger partial charge on any atom is 0.308 e. The van der Waals surface area contributed by atoms with Gasteiger partial charge in [-0.15, -0.1) is 0 Å². The van der Waals surface area contributed by atoms with Gasteiger partial charge in [0.1, 0.15) is 11.5 Å². The smallest absolute Gasteiger partial charge is 0.308 e. The minimum absolute atomic E-state index is 0.106. The molecule has 0 spiro atoms. The molecule has 0 amide bonds. The molecule has 102 valence electrons. The van der Waals surface area contributed by atoms with Crippen LogP contribution in [0.3, 0.4) is 0 Å². The predicted molar refractivity (Wildman–Crippen MR) is 65.6 cm³/mol. The van der Waals surface area contributed by atoms with Crippen molar-refractivity contribution >= 4 is 17.5 Å². The van der Waals surface area contributed by atoms with Gasteiger partial charge in [0.2, 0.25) is 0 Å². The SMILES string of the molecule is COC(=O)C1CCC(=O)C(C(=O)c2ccoc2C)C1. The van der Waals surface area contributed by atoms with Gasteiger partial charge in [0.25, 0.3) is 0 Å². The van der Waals surface area contributed by atoms with E-state index in [1.165, 1.54) is 13.4 Å². The first kappa shape index (κ1) is 13.5. The van der Waals surface area contributed by atoms with Crippen LogP contribution in [-0.2, 0) is 14.3 Å². The summed E-state index contributed by atoms with van der Waals surface area (Å²) >= 11 is 0. The van der Waals surface area contributed by atoms with E-state index >= 15 is 0 Å². The molecule has 1 aromatic rings. The van der Waals surface area contributed by atoms with Crippen molar-refractivity contribution in [3.05, 3.63) is 23.7 Å². The molecular formula is C14H16O5. The van der Waals surface area contributed by atoms with E-state index in [1.54, 1.807) is 13.0 Å². The number of methoxy groups -OCH3 is 1. The Morgan fingerprint density at radius 1 is 1.42 bits per heavy atom. The second-order valence-electron chi connectivity index (χ2n) is 4.77. The van der Waals surface area contributed by atoms with Crippen molar-refractivity contribution in [2.75, 3.05) is 7.11 Å². The highest BCUT2D eigenvalue weighted by Gasteiger charge is 2.38. The van der Waals surface area contributed by atoms with Crippen LogP contribution in [-0.4, -0.2) is 24.6 Å². The van der Waals surface area contributed by atoms with Gasteiger partial charge >= 0.3 is 5.97 Å². The van der Waals surface area contributed by atoms with Crippen LogP contribution in [0.1, 0.15) is 35.4 Å². The zero-order chi connectivity index (χ0) is 14.0. The van der Waals surface area contributed by atoms with Crippen LogP contribution >= 0.6 is 0 Å². The number of rotatable bonds is 3. The molecule has 5 nitrogen and oxygen atoms in total. The Morgan fingerprint density at radius 2 is 2.16 bits per heavy atom. The normalized spacial score (nSPS) is 23.2. The van der Waals surface area contributed by atoms with Crippen LogP contribution < -0.4 is 0 Å². The summed E-state index contributed by atoms with van der Waals surface area (Å²) in [5, 5.41) is 0. The topological polar surface area (TPSA) is 73.6 Å². The fourth-order valence-electron chi connectivity index (χ4n) is 2.49. The van der Waals surface area contributed by atoms with Gasteiger partial charge in [-0.05, 0) is 25.8 Å². The van der Waals surface area contributed by atoms with Crippen LogP contribution in [0.4, 0.5) is 0 Å². The van der Waals surface area contributed by atoms with Gasteiger partial charge in [0.15, 0.2) is 5.78 Å². The molecule has 0 bridgehead atoms. The number of ether oxygens (including phenoxy) is 1. The molecule has 0 radical (unpaired) electrons. The first-order valence-electron chi connectivity index (χ1n) is 6.23. The molecule has 19 heavy (non-hydrogen) atoms. The number of esters is 1. The van der Waals surface area contributed by atoms with Crippen LogP contribution in [0.2, 0.25) is 0 Å². The Labute approximate surface area is 110 Å². The van der Waals surface area contributed by atoms with Crippen molar-refractivity contribution in [3.63, 3.8) is 0 Å². The average molecular weight is 264 g/mol. The number of aryl methyl sites for hydroxylation is 1. The Bertz CT molecular complexity index is 514. The van der Waals surface area contributed by atoms with Crippen LogP contribution in [0.5, 0.6) is 0 Å². The van der Waals surface area contributed by atoms with E-state index < -0.39 is 5.92 Å². The minimum Gasteiger partial charge on any atom is -0.469 e. The minimum atomic E-state index is -0.755. The fraction of sp³-hybridized carbons (Fsp3) is 0.500. The maximum atomic E-state index is 12.3. The number of Topliss-reactive ketones (excluding diaryl/α,β-unsaturated/α-hetero) is 2. The largest absolute Gasteiger partial charge is 0.469 e. The van der Waals surface area contributed by atoms with Crippen molar-refractivity contribution in [1.29, 1.82) is 0 Å². The molecular weight excluding hydrogens is 248 g/mol. The van der Waals surface area contributed by atoms with E-state index in [0.29, 0.717) is 17.7 Å². The third kappa shape index (κ3) is 2.59. The zero-order valence-corrected chi connectivity index (χ0v) is 11.0. The molecule has 1 aliphatic carbocycles. The van der Waals surface area contributed by atoms with Gasteiger partial charge in [-0.25, -0.2) is 0 Å². The second kappa shape index (κ2) is 5.38. The number of furan rings is 1. The average Bonchev–Trinajstić information content (AvgIpc) is 2.84. The number of hydrogen-bond acceptors (Lipinski definition) is 5. The van der Waals surface area contributed by atoms with E-state index in [0.717, 1.165) is 0 Å². The molecule has 0 aliphatic heterocycles. The maximum absolute atomic E-state index is 12.3. The predicted octanol–water partition coefficient (Wildman–Crippen LogP) is 1.93. The van der Waals surface area contributed by atoms with Crippen LogP contribution in [0, 0.1) is 18.8 Å². The second-order valence-corrected chi connectivity index (χ2v) is 4.77. The quantitative estimate of drug-likeness (QED) is 0.474. The van der Waals surface area contributed by atoms with E-state index in [1.807, 2.05) is 0 Å². The van der Waals surface area contributed by atoms with Gasteiger partial charge < -0.3 is 9.15 Å². The summed E-state index contributed by atoms with van der Waals surface area (Å²) in [4.78, 5) is 35.7. The van der Waals surface area contributed by atoms with Crippen molar-refractivity contribution in [2.24, 2.45) is 11.8 Å². The summed E-state index contributed by atoms with van der Waals surface area (Å²) in [6, 6.07) is 1.56. The third-order valence-electron chi connectivity index (χ3n) is 3.62. The van der Waals surface area contributed by atoms with Gasteiger partial charge in [-0.1, -0.05) is 0 Å². The summed E-state index contributed by atoms with van der Waals surface area (Å²) in [5.74, 6) is -1.35.